The van der Waals surface area contributed by atoms with E-state index in [1.807, 2.05) is 120 Å². The van der Waals surface area contributed by atoms with Crippen LogP contribution in [0.5, 0.6) is 0 Å². The Morgan fingerprint density at radius 1 is 0.844 bits per heavy atom. The number of carbonyl (C=O) groups is 7. The number of aryl methyl sites for hydroxylation is 2. The molecule has 77 heavy (non-hydrogen) atoms. The van der Waals surface area contributed by atoms with E-state index in [0.717, 1.165) is 43.3 Å². The predicted octanol–water partition coefficient (Wildman–Crippen LogP) is 5.84. The smallest absolute Gasteiger partial charge is 0.246 e. The van der Waals surface area contributed by atoms with Gasteiger partial charge in [0, 0.05) is 66.0 Å². The number of halogens is 1. The first-order valence-corrected chi connectivity index (χ1v) is 27.3. The molecule has 6 atom stereocenters. The van der Waals surface area contributed by atoms with Gasteiger partial charge < -0.3 is 36.2 Å². The van der Waals surface area contributed by atoms with Crippen molar-refractivity contribution in [1.29, 1.82) is 0 Å². The van der Waals surface area contributed by atoms with Crippen LogP contribution in [0.25, 0.3) is 16.1 Å². The number of ketones is 1. The molecule has 2 saturated heterocycles. The maximum absolute atomic E-state index is 14.4. The number of benzene rings is 3. The standard InChI is InChI=1S/C57H67ClN10O8S/c1-32-25-45-54(74)61-41(26-36-13-15-38(16-14-36)37-11-9-8-10-12-37)27-42(69)21-22-46(70)62-44(53(73)59-23-24-76-31-48(72)64-51(57(5,6)7)55(75)67(45)30-32)29-60-47(71)28-43-52-66-65-35(4)68(52)56-49(33(2)34(3)77-56)50(63-43)39-17-19-40(58)20-18-39/h8-20,32,41,43-45,51H,21-31H2,1-7H3,(H,59,73)(H,60,71)(H,61,74)(H,62,70)(H,64,72)/t32-,41-,43+,44-,45+,51-/m1/s1. The summed E-state index contributed by atoms with van der Waals surface area (Å²) >= 11 is 7.87. The number of aromatic nitrogens is 3. The van der Waals surface area contributed by atoms with E-state index in [2.05, 4.69) is 36.8 Å². The Morgan fingerprint density at radius 2 is 1.55 bits per heavy atom. The van der Waals surface area contributed by atoms with E-state index in [1.54, 1.807) is 23.5 Å². The lowest BCUT2D eigenvalue weighted by Crippen LogP contribution is -2.58. The van der Waals surface area contributed by atoms with E-state index < -0.39 is 77.7 Å². The fourth-order valence-electron chi connectivity index (χ4n) is 10.0. The fraction of sp³-hybridized carbons (Fsp3) is 0.439. The molecule has 18 nitrogen and oxygen atoms in total. The van der Waals surface area contributed by atoms with Gasteiger partial charge in [0.25, 0.3) is 0 Å². The van der Waals surface area contributed by atoms with E-state index in [4.69, 9.17) is 21.3 Å². The van der Waals surface area contributed by atoms with E-state index in [9.17, 15) is 33.6 Å². The summed E-state index contributed by atoms with van der Waals surface area (Å²) in [5.74, 6) is -2.44. The summed E-state index contributed by atoms with van der Waals surface area (Å²) in [6.45, 7) is 12.7. The van der Waals surface area contributed by atoms with Crippen LogP contribution in [0.15, 0.2) is 83.9 Å². The SMILES string of the molecule is Cc1sc2c(c1C)C(c1ccc(Cl)cc1)=N[C@@H](CC(=O)NC[C@H]1NC(=O)CCC(=O)C[C@@H](Cc3ccc(-c4ccccc4)cc3)NC(=O)[C@@H]3C[C@@H](C)CN3C(=O)[C@H](C(C)(C)C)NC(=O)COCCNC1=O)c1nnc(C)n1-2. The molecule has 8 rings (SSSR count). The second-order valence-corrected chi connectivity index (χ2v) is 22.9. The van der Waals surface area contributed by atoms with Crippen LogP contribution >= 0.6 is 22.9 Å². The lowest BCUT2D eigenvalue weighted by Gasteiger charge is -2.35. The van der Waals surface area contributed by atoms with E-state index in [0.29, 0.717) is 35.3 Å². The average Bonchev–Trinajstić information content (AvgIpc) is 4.06. The molecule has 3 aliphatic heterocycles. The Kier molecular flexibility index (Phi) is 17.9. The quantitative estimate of drug-likeness (QED) is 0.125. The van der Waals surface area contributed by atoms with Crippen molar-refractivity contribution in [2.75, 3.05) is 32.8 Å². The summed E-state index contributed by atoms with van der Waals surface area (Å²) in [6.07, 6.45) is -0.164. The normalized spacial score (nSPS) is 22.4. The number of ether oxygens (including phenoxy) is 1. The zero-order valence-electron chi connectivity index (χ0n) is 44.5. The van der Waals surface area contributed by atoms with Gasteiger partial charge in [0.2, 0.25) is 35.4 Å². The minimum absolute atomic E-state index is 0.0267. The van der Waals surface area contributed by atoms with Crippen LogP contribution in [0.4, 0.5) is 0 Å². The van der Waals surface area contributed by atoms with E-state index in [1.165, 1.54) is 4.90 Å². The van der Waals surface area contributed by atoms with Crippen molar-refractivity contribution < 1.29 is 38.3 Å². The Bertz CT molecular complexity index is 3040. The highest BCUT2D eigenvalue weighted by Gasteiger charge is 2.44. The molecular weight excluding hydrogens is 1020 g/mol. The second-order valence-electron chi connectivity index (χ2n) is 21.3. The Morgan fingerprint density at radius 3 is 2.26 bits per heavy atom. The molecule has 20 heteroatoms. The summed E-state index contributed by atoms with van der Waals surface area (Å²) < 4.78 is 7.57. The minimum atomic E-state index is -1.30. The molecule has 0 aliphatic carbocycles. The number of rotatable bonds is 8. The number of thiophene rings is 1. The van der Waals surface area contributed by atoms with Crippen LogP contribution in [0.3, 0.4) is 0 Å². The highest BCUT2D eigenvalue weighted by atomic mass is 35.5. The molecule has 0 saturated carbocycles. The first kappa shape index (κ1) is 56.1. The lowest BCUT2D eigenvalue weighted by molar-refractivity contribution is -0.144. The number of carbonyl (C=O) groups excluding carboxylic acids is 7. The molecule has 3 aromatic carbocycles. The third-order valence-electron chi connectivity index (χ3n) is 14.2. The minimum Gasteiger partial charge on any atom is -0.370 e. The maximum atomic E-state index is 14.4. The molecule has 3 aliphatic rings. The van der Waals surface area contributed by atoms with Gasteiger partial charge in [-0.1, -0.05) is 106 Å². The van der Waals surface area contributed by atoms with Gasteiger partial charge in [0.1, 0.15) is 47.4 Å². The topological polar surface area (TPSA) is 235 Å². The number of Topliss-reactive ketones (excluding diaryl/α,β-unsaturated/α-hetero) is 1. The van der Waals surface area contributed by atoms with Gasteiger partial charge in [-0.25, -0.2) is 0 Å². The van der Waals surface area contributed by atoms with Gasteiger partial charge in [-0.2, -0.15) is 0 Å². The molecule has 406 valence electrons. The average molecular weight is 1090 g/mol. The number of nitrogens with one attached hydrogen (secondary N) is 5. The van der Waals surface area contributed by atoms with Gasteiger partial charge in [0.05, 0.1) is 18.7 Å². The summed E-state index contributed by atoms with van der Waals surface area (Å²) in [5, 5.41) is 24.5. The largest absolute Gasteiger partial charge is 0.370 e. The van der Waals surface area contributed by atoms with Crippen LogP contribution in [0.2, 0.25) is 5.02 Å². The summed E-state index contributed by atoms with van der Waals surface area (Å²) in [4.78, 5) is 106. The first-order valence-electron chi connectivity index (χ1n) is 26.1. The molecule has 5 N–H and O–H groups in total. The second kappa shape index (κ2) is 24.5. The van der Waals surface area contributed by atoms with Crippen LogP contribution in [-0.2, 0) is 44.7 Å². The number of fused-ring (bicyclic) bond motifs is 4. The number of hydrogen-bond donors (Lipinski definition) is 5. The van der Waals surface area contributed by atoms with Crippen molar-refractivity contribution in [3.63, 3.8) is 0 Å². The molecule has 0 bridgehead atoms. The van der Waals surface area contributed by atoms with Gasteiger partial charge in [-0.3, -0.25) is 43.1 Å². The van der Waals surface area contributed by atoms with Gasteiger partial charge in [-0.05, 0) is 79.3 Å². The molecule has 2 aromatic heterocycles. The third kappa shape index (κ3) is 13.7. The van der Waals surface area contributed by atoms with Crippen LogP contribution in [-0.4, -0.2) is 124 Å². The molecule has 0 radical (unpaired) electrons. The van der Waals surface area contributed by atoms with Gasteiger partial charge >= 0.3 is 0 Å². The molecule has 0 spiro atoms. The van der Waals surface area contributed by atoms with Crippen LogP contribution < -0.4 is 26.6 Å². The van der Waals surface area contributed by atoms with Gasteiger partial charge in [0.15, 0.2) is 5.82 Å². The number of aliphatic imine (C=N–C) groups is 1. The van der Waals surface area contributed by atoms with Crippen molar-refractivity contribution >= 4 is 69.9 Å². The van der Waals surface area contributed by atoms with Gasteiger partial charge in [-0.15, -0.1) is 21.5 Å². The summed E-state index contributed by atoms with van der Waals surface area (Å²) in [5.41, 5.74) is 5.51. The first-order chi connectivity index (χ1) is 36.7. The van der Waals surface area contributed by atoms with Crippen LogP contribution in [0.1, 0.15) is 105 Å². The lowest BCUT2D eigenvalue weighted by atomic mass is 9.85. The van der Waals surface area contributed by atoms with Crippen molar-refractivity contribution in [2.45, 2.75) is 117 Å². The molecule has 2 fully saturated rings. The van der Waals surface area contributed by atoms with Crippen molar-refractivity contribution in [3.05, 3.63) is 123 Å². The molecule has 5 heterocycles. The molecular formula is C57H67ClN10O8S. The molecule has 0 unspecified atom stereocenters. The van der Waals surface area contributed by atoms with E-state index in [-0.39, 0.29) is 63.5 Å². The summed E-state index contributed by atoms with van der Waals surface area (Å²) in [6, 6.07) is 20.4. The predicted molar refractivity (Wildman–Crippen MR) is 294 cm³/mol. The Labute approximate surface area is 457 Å². The number of hydrogen-bond acceptors (Lipinski definition) is 12. The highest BCUT2D eigenvalue weighted by molar-refractivity contribution is 7.15. The van der Waals surface area contributed by atoms with Crippen molar-refractivity contribution in [2.24, 2.45) is 16.3 Å². The fourth-order valence-corrected chi connectivity index (χ4v) is 11.4. The Hall–Kier alpha value is -7.09. The molecule has 6 amide bonds. The number of amides is 6. The van der Waals surface area contributed by atoms with Crippen molar-refractivity contribution in [1.82, 2.24) is 46.2 Å². The zero-order chi connectivity index (χ0) is 55.1. The van der Waals surface area contributed by atoms with Crippen LogP contribution in [0, 0.1) is 32.1 Å². The summed E-state index contributed by atoms with van der Waals surface area (Å²) in [7, 11) is 0. The highest BCUT2D eigenvalue weighted by Crippen LogP contribution is 2.40. The maximum Gasteiger partial charge on any atom is 0.246 e. The molecule has 5 aromatic rings. The monoisotopic (exact) mass is 1090 g/mol. The van der Waals surface area contributed by atoms with Crippen molar-refractivity contribution in [3.8, 4) is 16.1 Å². The van der Waals surface area contributed by atoms with E-state index >= 15 is 0 Å². The third-order valence-corrected chi connectivity index (χ3v) is 15.6. The Balaban J connectivity index is 1.01. The zero-order valence-corrected chi connectivity index (χ0v) is 46.1. The number of nitrogens with zero attached hydrogens (tertiary/aromatic N) is 5.